The van der Waals surface area contributed by atoms with E-state index >= 15 is 0 Å². The molecule has 1 saturated heterocycles. The minimum Gasteiger partial charge on any atom is -0.494 e. The second-order valence-electron chi connectivity index (χ2n) is 4.97. The van der Waals surface area contributed by atoms with Crippen molar-refractivity contribution in [2.45, 2.75) is 46.1 Å². The molecule has 0 saturated carbocycles. The molecule has 0 aromatic heterocycles. The minimum absolute atomic E-state index is 0.672. The van der Waals surface area contributed by atoms with Gasteiger partial charge in [-0.3, -0.25) is 0 Å². The lowest BCUT2D eigenvalue weighted by atomic mass is 9.97. The Morgan fingerprint density at radius 2 is 2.12 bits per heavy atom. The Kier molecular flexibility index (Phi) is 4.06. The van der Waals surface area contributed by atoms with Crippen molar-refractivity contribution < 1.29 is 4.74 Å². The lowest BCUT2D eigenvalue weighted by Crippen LogP contribution is -2.24. The highest BCUT2D eigenvalue weighted by atomic mass is 16.5. The molecule has 0 aliphatic carbocycles. The van der Waals surface area contributed by atoms with Crippen LogP contribution in [-0.2, 0) is 6.42 Å². The van der Waals surface area contributed by atoms with Crippen LogP contribution in [0.15, 0.2) is 12.1 Å². The van der Waals surface area contributed by atoms with Crippen LogP contribution >= 0.6 is 0 Å². The van der Waals surface area contributed by atoms with Crippen LogP contribution in [0.4, 0.5) is 0 Å². The molecule has 1 aromatic carbocycles. The zero-order chi connectivity index (χ0) is 12.3. The molecule has 0 amide bonds. The van der Waals surface area contributed by atoms with E-state index < -0.39 is 0 Å². The number of ether oxygens (including phenoxy) is 1. The third-order valence-electron chi connectivity index (χ3n) is 3.56. The summed E-state index contributed by atoms with van der Waals surface area (Å²) >= 11 is 0. The average Bonchev–Trinajstić information content (AvgIpc) is 2.78. The summed E-state index contributed by atoms with van der Waals surface area (Å²) in [5.41, 5.74) is 4.07. The van der Waals surface area contributed by atoms with Gasteiger partial charge in [0, 0.05) is 6.04 Å². The Bertz CT molecular complexity index is 381. The van der Waals surface area contributed by atoms with Crippen molar-refractivity contribution in [3.8, 4) is 5.75 Å². The highest BCUT2D eigenvalue weighted by Gasteiger charge is 2.16. The van der Waals surface area contributed by atoms with Crippen molar-refractivity contribution in [2.24, 2.45) is 0 Å². The Morgan fingerprint density at radius 1 is 1.29 bits per heavy atom. The van der Waals surface area contributed by atoms with Crippen LogP contribution in [0.25, 0.3) is 0 Å². The van der Waals surface area contributed by atoms with E-state index in [9.17, 15) is 0 Å². The molecule has 2 rings (SSSR count). The van der Waals surface area contributed by atoms with Gasteiger partial charge in [0.2, 0.25) is 0 Å². The molecule has 0 bridgehead atoms. The summed E-state index contributed by atoms with van der Waals surface area (Å²) in [7, 11) is 0. The Labute approximate surface area is 104 Å². The molecule has 1 heterocycles. The summed E-state index contributed by atoms with van der Waals surface area (Å²) < 4.78 is 5.63. The SMILES string of the molecule is CCOc1cc(C)c(CC2CCCN2)cc1C. The molecular formula is C15H23NO. The topological polar surface area (TPSA) is 21.3 Å². The molecule has 1 N–H and O–H groups in total. The predicted molar refractivity (Wildman–Crippen MR) is 71.8 cm³/mol. The van der Waals surface area contributed by atoms with Crippen LogP contribution in [0.3, 0.4) is 0 Å². The fourth-order valence-corrected chi connectivity index (χ4v) is 2.58. The molecule has 1 aromatic rings. The van der Waals surface area contributed by atoms with Crippen molar-refractivity contribution in [1.82, 2.24) is 5.32 Å². The molecule has 2 heteroatoms. The Hall–Kier alpha value is -1.02. The third-order valence-corrected chi connectivity index (χ3v) is 3.56. The van der Waals surface area contributed by atoms with Gasteiger partial charge in [-0.1, -0.05) is 6.07 Å². The number of hydrogen-bond acceptors (Lipinski definition) is 2. The molecule has 1 atom stereocenters. The van der Waals surface area contributed by atoms with E-state index in [-0.39, 0.29) is 0 Å². The van der Waals surface area contributed by atoms with Gasteiger partial charge in [0.25, 0.3) is 0 Å². The van der Waals surface area contributed by atoms with Crippen molar-refractivity contribution in [3.05, 3.63) is 28.8 Å². The monoisotopic (exact) mass is 233 g/mol. The lowest BCUT2D eigenvalue weighted by molar-refractivity contribution is 0.337. The molecule has 1 fully saturated rings. The largest absolute Gasteiger partial charge is 0.494 e. The second kappa shape index (κ2) is 5.54. The fourth-order valence-electron chi connectivity index (χ4n) is 2.58. The standard InChI is InChI=1S/C15H23NO/c1-4-17-15-9-11(2)13(8-12(15)3)10-14-6-5-7-16-14/h8-9,14,16H,4-7,10H2,1-3H3. The molecular weight excluding hydrogens is 210 g/mol. The number of rotatable bonds is 4. The summed E-state index contributed by atoms with van der Waals surface area (Å²) in [6, 6.07) is 5.15. The molecule has 1 aliphatic heterocycles. The number of aryl methyl sites for hydroxylation is 2. The van der Waals surface area contributed by atoms with Crippen molar-refractivity contribution in [3.63, 3.8) is 0 Å². The first-order valence-electron chi connectivity index (χ1n) is 6.67. The van der Waals surface area contributed by atoms with E-state index in [1.54, 1.807) is 0 Å². The van der Waals surface area contributed by atoms with Crippen LogP contribution in [-0.4, -0.2) is 19.2 Å². The van der Waals surface area contributed by atoms with Crippen LogP contribution in [0.1, 0.15) is 36.5 Å². The molecule has 1 unspecified atom stereocenters. The van der Waals surface area contributed by atoms with E-state index in [1.165, 1.54) is 36.1 Å². The van der Waals surface area contributed by atoms with Gasteiger partial charge >= 0.3 is 0 Å². The summed E-state index contributed by atoms with van der Waals surface area (Å²) in [4.78, 5) is 0. The van der Waals surface area contributed by atoms with Gasteiger partial charge in [-0.25, -0.2) is 0 Å². The summed E-state index contributed by atoms with van der Waals surface area (Å²) in [5, 5.41) is 3.56. The molecule has 2 nitrogen and oxygen atoms in total. The Morgan fingerprint density at radius 3 is 2.76 bits per heavy atom. The molecule has 1 aliphatic rings. The number of hydrogen-bond donors (Lipinski definition) is 1. The van der Waals surface area contributed by atoms with Gasteiger partial charge in [0.15, 0.2) is 0 Å². The average molecular weight is 233 g/mol. The van der Waals surface area contributed by atoms with E-state index in [0.29, 0.717) is 6.04 Å². The smallest absolute Gasteiger partial charge is 0.122 e. The second-order valence-corrected chi connectivity index (χ2v) is 4.97. The van der Waals surface area contributed by atoms with E-state index in [1.807, 2.05) is 6.92 Å². The number of benzene rings is 1. The van der Waals surface area contributed by atoms with Gasteiger partial charge in [-0.2, -0.15) is 0 Å². The Balaban J connectivity index is 2.14. The highest BCUT2D eigenvalue weighted by molar-refractivity contribution is 5.42. The van der Waals surface area contributed by atoms with Crippen LogP contribution in [0, 0.1) is 13.8 Å². The first-order valence-corrected chi connectivity index (χ1v) is 6.67. The summed E-state index contributed by atoms with van der Waals surface area (Å²) in [6.45, 7) is 8.27. The van der Waals surface area contributed by atoms with Crippen molar-refractivity contribution in [1.29, 1.82) is 0 Å². The highest BCUT2D eigenvalue weighted by Crippen LogP contribution is 2.24. The molecule has 0 radical (unpaired) electrons. The van der Waals surface area contributed by atoms with Crippen LogP contribution in [0.5, 0.6) is 5.75 Å². The zero-order valence-electron chi connectivity index (χ0n) is 11.2. The zero-order valence-corrected chi connectivity index (χ0v) is 11.2. The molecule has 94 valence electrons. The maximum absolute atomic E-state index is 5.63. The molecule has 0 spiro atoms. The first kappa shape index (κ1) is 12.4. The van der Waals surface area contributed by atoms with Crippen LogP contribution in [0.2, 0.25) is 0 Å². The maximum Gasteiger partial charge on any atom is 0.122 e. The minimum atomic E-state index is 0.672. The van der Waals surface area contributed by atoms with E-state index in [2.05, 4.69) is 31.3 Å². The normalized spacial score (nSPS) is 19.6. The fraction of sp³-hybridized carbons (Fsp3) is 0.600. The van der Waals surface area contributed by atoms with Gasteiger partial charge in [-0.15, -0.1) is 0 Å². The summed E-state index contributed by atoms with van der Waals surface area (Å²) in [6.07, 6.45) is 3.78. The number of nitrogens with one attached hydrogen (secondary N) is 1. The maximum atomic E-state index is 5.63. The van der Waals surface area contributed by atoms with Gasteiger partial charge in [0.05, 0.1) is 6.61 Å². The van der Waals surface area contributed by atoms with Gasteiger partial charge < -0.3 is 10.1 Å². The lowest BCUT2D eigenvalue weighted by Gasteiger charge is -2.15. The van der Waals surface area contributed by atoms with Gasteiger partial charge in [0.1, 0.15) is 5.75 Å². The van der Waals surface area contributed by atoms with Crippen molar-refractivity contribution >= 4 is 0 Å². The third kappa shape index (κ3) is 3.01. The first-order chi connectivity index (χ1) is 8.20. The van der Waals surface area contributed by atoms with E-state index in [0.717, 1.165) is 18.8 Å². The van der Waals surface area contributed by atoms with Gasteiger partial charge in [-0.05, 0) is 69.3 Å². The quantitative estimate of drug-likeness (QED) is 0.863. The van der Waals surface area contributed by atoms with E-state index in [4.69, 9.17) is 4.74 Å². The predicted octanol–water partition coefficient (Wildman–Crippen LogP) is 3.00. The van der Waals surface area contributed by atoms with Crippen LogP contribution < -0.4 is 10.1 Å². The molecule has 17 heavy (non-hydrogen) atoms. The van der Waals surface area contributed by atoms with Crippen molar-refractivity contribution in [2.75, 3.05) is 13.2 Å². The summed E-state index contributed by atoms with van der Waals surface area (Å²) in [5.74, 6) is 1.04.